The van der Waals surface area contributed by atoms with Gasteiger partial charge in [-0.3, -0.25) is 4.79 Å². The van der Waals surface area contributed by atoms with Crippen LogP contribution >= 0.6 is 0 Å². The van der Waals surface area contributed by atoms with Crippen LogP contribution in [-0.2, 0) is 11.3 Å². The van der Waals surface area contributed by atoms with Crippen molar-refractivity contribution in [2.24, 2.45) is 0 Å². The summed E-state index contributed by atoms with van der Waals surface area (Å²) in [6, 6.07) is 12.5. The van der Waals surface area contributed by atoms with Crippen molar-refractivity contribution in [2.75, 3.05) is 18.5 Å². The van der Waals surface area contributed by atoms with Gasteiger partial charge in [0.25, 0.3) is 5.91 Å². The second-order valence-electron chi connectivity index (χ2n) is 5.65. The number of pyridine rings is 1. The quantitative estimate of drug-likeness (QED) is 0.839. The van der Waals surface area contributed by atoms with E-state index in [1.54, 1.807) is 37.4 Å². The minimum atomic E-state index is -0.632. The van der Waals surface area contributed by atoms with Gasteiger partial charge in [0.1, 0.15) is 11.6 Å². The van der Waals surface area contributed by atoms with Gasteiger partial charge >= 0.3 is 0 Å². The molecule has 0 spiro atoms. The van der Waals surface area contributed by atoms with Crippen molar-refractivity contribution in [3.63, 3.8) is 0 Å². The van der Waals surface area contributed by atoms with Gasteiger partial charge in [-0.15, -0.1) is 0 Å². The maximum Gasteiger partial charge on any atom is 0.261 e. The normalized spacial score (nSPS) is 11.3. The molecular formula is C19H22N4O2. The lowest BCUT2D eigenvalue weighted by molar-refractivity contribution is -0.127. The second-order valence-corrected chi connectivity index (χ2v) is 5.65. The summed E-state index contributed by atoms with van der Waals surface area (Å²) in [4.78, 5) is 18.5. The topological polar surface area (TPSA) is 78.3 Å². The average Bonchev–Trinajstić information content (AvgIpc) is 2.66. The molecule has 0 aliphatic heterocycles. The van der Waals surface area contributed by atoms with E-state index in [4.69, 9.17) is 10.00 Å². The van der Waals surface area contributed by atoms with E-state index in [1.165, 1.54) is 0 Å². The van der Waals surface area contributed by atoms with Crippen molar-refractivity contribution in [3.8, 4) is 11.8 Å². The Labute approximate surface area is 148 Å². The molecule has 1 N–H and O–H groups in total. The van der Waals surface area contributed by atoms with Gasteiger partial charge in [0, 0.05) is 26.3 Å². The van der Waals surface area contributed by atoms with Gasteiger partial charge in [-0.05, 0) is 55.8 Å². The molecule has 2 rings (SSSR count). The third kappa shape index (κ3) is 5.21. The molecule has 0 bridgehead atoms. The first-order chi connectivity index (χ1) is 12.0. The lowest BCUT2D eigenvalue weighted by Gasteiger charge is -2.17. The second kappa shape index (κ2) is 8.69. The van der Waals surface area contributed by atoms with Crippen LogP contribution < -0.4 is 15.0 Å². The van der Waals surface area contributed by atoms with Gasteiger partial charge in [0.05, 0.1) is 11.6 Å². The Bertz CT molecular complexity index is 753. The average molecular weight is 338 g/mol. The standard InChI is InChI=1S/C19H22N4O2/c1-4-23(3)18-11-16(9-10-21-18)13-22-19(24)14(2)25-17-7-5-15(12-20)6-8-17/h5-11,14H,4,13H2,1-3H3,(H,22,24)/t14-/m0/s1. The number of carbonyl (C=O) groups excluding carboxylic acids is 1. The first kappa shape index (κ1) is 18.3. The van der Waals surface area contributed by atoms with Crippen LogP contribution in [0.25, 0.3) is 0 Å². The van der Waals surface area contributed by atoms with Crippen LogP contribution in [0.3, 0.4) is 0 Å². The van der Waals surface area contributed by atoms with Crippen LogP contribution in [0.15, 0.2) is 42.6 Å². The third-order valence-corrected chi connectivity index (χ3v) is 3.81. The largest absolute Gasteiger partial charge is 0.481 e. The predicted octanol–water partition coefficient (Wildman–Crippen LogP) is 2.49. The fourth-order valence-corrected chi connectivity index (χ4v) is 2.14. The van der Waals surface area contributed by atoms with E-state index in [9.17, 15) is 4.79 Å². The van der Waals surface area contributed by atoms with Gasteiger partial charge in [-0.25, -0.2) is 4.98 Å². The van der Waals surface area contributed by atoms with E-state index >= 15 is 0 Å². The summed E-state index contributed by atoms with van der Waals surface area (Å²) < 4.78 is 5.60. The van der Waals surface area contributed by atoms with Gasteiger partial charge in [0.15, 0.2) is 6.10 Å². The van der Waals surface area contributed by atoms with E-state index in [2.05, 4.69) is 17.2 Å². The predicted molar refractivity (Wildman–Crippen MR) is 96.3 cm³/mol. The summed E-state index contributed by atoms with van der Waals surface area (Å²) in [7, 11) is 1.97. The van der Waals surface area contributed by atoms with Crippen LogP contribution in [0.1, 0.15) is 25.0 Å². The van der Waals surface area contributed by atoms with Crippen molar-refractivity contribution >= 4 is 11.7 Å². The first-order valence-corrected chi connectivity index (χ1v) is 8.14. The maximum atomic E-state index is 12.2. The number of hydrogen-bond acceptors (Lipinski definition) is 5. The molecule has 1 aromatic heterocycles. The highest BCUT2D eigenvalue weighted by Gasteiger charge is 2.14. The molecule has 6 heteroatoms. The fraction of sp³-hybridized carbons (Fsp3) is 0.316. The van der Waals surface area contributed by atoms with Gasteiger partial charge in [0.2, 0.25) is 0 Å². The number of anilines is 1. The van der Waals surface area contributed by atoms with Crippen molar-refractivity contribution in [3.05, 3.63) is 53.7 Å². The molecule has 1 aromatic carbocycles. The summed E-state index contributed by atoms with van der Waals surface area (Å²) in [5.41, 5.74) is 1.53. The first-order valence-electron chi connectivity index (χ1n) is 8.14. The molecule has 0 saturated carbocycles. The molecule has 6 nitrogen and oxygen atoms in total. The molecule has 0 unspecified atom stereocenters. The summed E-state index contributed by atoms with van der Waals surface area (Å²) >= 11 is 0. The molecule has 130 valence electrons. The zero-order valence-corrected chi connectivity index (χ0v) is 14.7. The van der Waals surface area contributed by atoms with Crippen LogP contribution in [0.2, 0.25) is 0 Å². The molecule has 0 radical (unpaired) electrons. The lowest BCUT2D eigenvalue weighted by Crippen LogP contribution is -2.35. The maximum absolute atomic E-state index is 12.2. The van der Waals surface area contributed by atoms with Crippen molar-refractivity contribution in [1.29, 1.82) is 5.26 Å². The zero-order chi connectivity index (χ0) is 18.2. The van der Waals surface area contributed by atoms with Gasteiger partial charge in [-0.1, -0.05) is 0 Å². The van der Waals surface area contributed by atoms with Crippen LogP contribution in [0.4, 0.5) is 5.82 Å². The van der Waals surface area contributed by atoms with Crippen molar-refractivity contribution in [2.45, 2.75) is 26.5 Å². The number of nitriles is 1. The van der Waals surface area contributed by atoms with Crippen molar-refractivity contribution < 1.29 is 9.53 Å². The molecule has 25 heavy (non-hydrogen) atoms. The molecule has 0 fully saturated rings. The molecule has 0 aliphatic rings. The molecule has 1 amide bonds. The van der Waals surface area contributed by atoms with Crippen LogP contribution in [0, 0.1) is 11.3 Å². The number of carbonyl (C=O) groups is 1. The summed E-state index contributed by atoms with van der Waals surface area (Å²) in [5, 5.41) is 11.6. The van der Waals surface area contributed by atoms with Crippen LogP contribution in [0.5, 0.6) is 5.75 Å². The Morgan fingerprint density at radius 3 is 2.72 bits per heavy atom. The fourth-order valence-electron chi connectivity index (χ4n) is 2.14. The minimum absolute atomic E-state index is 0.202. The number of hydrogen-bond donors (Lipinski definition) is 1. The molecule has 0 saturated heterocycles. The van der Waals surface area contributed by atoms with E-state index in [0.29, 0.717) is 17.9 Å². The van der Waals surface area contributed by atoms with E-state index in [1.807, 2.05) is 30.1 Å². The van der Waals surface area contributed by atoms with Gasteiger partial charge < -0.3 is 15.0 Å². The highest BCUT2D eigenvalue weighted by molar-refractivity contribution is 5.80. The minimum Gasteiger partial charge on any atom is -0.481 e. The number of aromatic nitrogens is 1. The SMILES string of the molecule is CCN(C)c1cc(CNC(=O)[C@H](C)Oc2ccc(C#N)cc2)ccn1. The number of benzene rings is 1. The Morgan fingerprint density at radius 2 is 2.08 bits per heavy atom. The lowest BCUT2D eigenvalue weighted by atomic mass is 10.2. The molecular weight excluding hydrogens is 316 g/mol. The Hall–Kier alpha value is -3.07. The Kier molecular flexibility index (Phi) is 6.35. The zero-order valence-electron chi connectivity index (χ0n) is 14.7. The highest BCUT2D eigenvalue weighted by atomic mass is 16.5. The highest BCUT2D eigenvalue weighted by Crippen LogP contribution is 2.14. The monoisotopic (exact) mass is 338 g/mol. The number of amides is 1. The van der Waals surface area contributed by atoms with E-state index in [-0.39, 0.29) is 5.91 Å². The number of rotatable bonds is 7. The Morgan fingerprint density at radius 1 is 1.36 bits per heavy atom. The van der Waals surface area contributed by atoms with E-state index < -0.39 is 6.10 Å². The number of nitrogens with one attached hydrogen (secondary N) is 1. The Balaban J connectivity index is 1.89. The third-order valence-electron chi connectivity index (χ3n) is 3.81. The van der Waals surface area contributed by atoms with Gasteiger partial charge in [-0.2, -0.15) is 5.26 Å². The van der Waals surface area contributed by atoms with E-state index in [0.717, 1.165) is 17.9 Å². The molecule has 1 atom stereocenters. The number of ether oxygens (including phenoxy) is 1. The summed E-state index contributed by atoms with van der Waals surface area (Å²) in [6.45, 7) is 5.01. The van der Waals surface area contributed by atoms with Crippen LogP contribution in [-0.4, -0.2) is 30.6 Å². The molecule has 1 heterocycles. The summed E-state index contributed by atoms with van der Waals surface area (Å²) in [6.07, 6.45) is 1.10. The molecule has 2 aromatic rings. The number of nitrogens with zero attached hydrogens (tertiary/aromatic N) is 3. The van der Waals surface area contributed by atoms with Crippen molar-refractivity contribution in [1.82, 2.24) is 10.3 Å². The summed E-state index contributed by atoms with van der Waals surface area (Å²) in [5.74, 6) is 1.22. The smallest absolute Gasteiger partial charge is 0.261 e. The molecule has 0 aliphatic carbocycles.